The van der Waals surface area contributed by atoms with Crippen molar-refractivity contribution >= 4 is 17.6 Å². The smallest absolute Gasteiger partial charge is 0.329 e. The molecule has 1 amide bonds. The summed E-state index contributed by atoms with van der Waals surface area (Å²) >= 11 is 0. The number of nitrogens with one attached hydrogen (secondary N) is 1. The van der Waals surface area contributed by atoms with Gasteiger partial charge in [-0.1, -0.05) is 12.1 Å². The zero-order valence-electron chi connectivity index (χ0n) is 19.4. The Bertz CT molecular complexity index is 662. The van der Waals surface area contributed by atoms with Crippen LogP contribution in [0.5, 0.6) is 5.75 Å². The van der Waals surface area contributed by atoms with Gasteiger partial charge in [-0.25, -0.2) is 4.79 Å². The van der Waals surface area contributed by atoms with E-state index in [1.165, 1.54) is 0 Å². The Balaban J connectivity index is 1.72. The van der Waals surface area contributed by atoms with Gasteiger partial charge in [-0.05, 0) is 12.1 Å². The lowest BCUT2D eigenvalue weighted by atomic mass is 10.3. The monoisotopic (exact) mass is 488 g/mol. The molecule has 0 aromatic heterocycles. The minimum Gasteiger partial charge on any atom is -0.489 e. The molecule has 194 valence electrons. The second kappa shape index (κ2) is 21.1. The number of aliphatic carboxylic acids is 1. The summed E-state index contributed by atoms with van der Waals surface area (Å²) in [6.07, 6.45) is 0. The number of anilines is 1. The number of ether oxygens (including phenoxy) is 7. The van der Waals surface area contributed by atoms with Gasteiger partial charge in [0.1, 0.15) is 25.6 Å². The highest BCUT2D eigenvalue weighted by molar-refractivity contribution is 5.77. The Kier molecular flexibility index (Phi) is 18.3. The molecule has 0 aliphatic carbocycles. The van der Waals surface area contributed by atoms with Crippen molar-refractivity contribution in [3.8, 4) is 5.75 Å². The van der Waals surface area contributed by atoms with Gasteiger partial charge in [0.25, 0.3) is 0 Å². The summed E-state index contributed by atoms with van der Waals surface area (Å²) in [4.78, 5) is 21.5. The van der Waals surface area contributed by atoms with Gasteiger partial charge in [-0.3, -0.25) is 4.79 Å². The van der Waals surface area contributed by atoms with Gasteiger partial charge in [0.05, 0.1) is 71.8 Å². The van der Waals surface area contributed by atoms with E-state index in [9.17, 15) is 9.59 Å². The van der Waals surface area contributed by atoms with Crippen molar-refractivity contribution in [2.45, 2.75) is 0 Å². The van der Waals surface area contributed by atoms with Crippen molar-refractivity contribution in [3.63, 3.8) is 0 Å². The number of carboxylic acids is 1. The van der Waals surface area contributed by atoms with Crippen LogP contribution in [0.4, 0.5) is 5.69 Å². The first-order valence-corrected chi connectivity index (χ1v) is 11.0. The molecule has 0 saturated carbocycles. The molecule has 0 fully saturated rings. The Morgan fingerprint density at radius 1 is 0.706 bits per heavy atom. The molecule has 0 radical (unpaired) electrons. The number of benzene rings is 1. The first kappa shape index (κ1) is 29.6. The zero-order chi connectivity index (χ0) is 24.7. The second-order valence-electron chi connectivity index (χ2n) is 6.68. The molecule has 0 atom stereocenters. The number of carboxylic acid groups (broad SMARTS) is 1. The fourth-order valence-electron chi connectivity index (χ4n) is 2.35. The van der Waals surface area contributed by atoms with E-state index in [1.54, 1.807) is 6.07 Å². The van der Waals surface area contributed by atoms with Gasteiger partial charge in [-0.15, -0.1) is 0 Å². The molecule has 0 unspecified atom stereocenters. The lowest BCUT2D eigenvalue weighted by molar-refractivity contribution is -0.143. The van der Waals surface area contributed by atoms with Crippen LogP contribution in [0, 0.1) is 0 Å². The molecule has 1 aromatic carbocycles. The number of hydrogen-bond donors (Lipinski definition) is 3. The summed E-state index contributed by atoms with van der Waals surface area (Å²) in [5.41, 5.74) is 6.39. The maximum absolute atomic E-state index is 11.3. The van der Waals surface area contributed by atoms with Crippen LogP contribution in [-0.2, 0) is 38.0 Å². The zero-order valence-corrected chi connectivity index (χ0v) is 19.4. The van der Waals surface area contributed by atoms with Crippen LogP contribution in [0.25, 0.3) is 0 Å². The third-order valence-corrected chi connectivity index (χ3v) is 3.92. The Morgan fingerprint density at radius 3 is 1.74 bits per heavy atom. The lowest BCUT2D eigenvalue weighted by Crippen LogP contribution is -2.31. The molecule has 0 saturated heterocycles. The average molecular weight is 489 g/mol. The number of rotatable bonds is 23. The van der Waals surface area contributed by atoms with Crippen LogP contribution < -0.4 is 15.8 Å². The Hall–Kier alpha value is -2.48. The summed E-state index contributed by atoms with van der Waals surface area (Å²) in [5, 5.41) is 10.9. The van der Waals surface area contributed by atoms with Crippen molar-refractivity contribution < 1.29 is 47.9 Å². The summed E-state index contributed by atoms with van der Waals surface area (Å²) in [6.45, 7) is 4.26. The van der Waals surface area contributed by atoms with Gasteiger partial charge >= 0.3 is 5.97 Å². The predicted molar refractivity (Wildman–Crippen MR) is 122 cm³/mol. The molecule has 1 aromatic rings. The molecule has 0 heterocycles. The van der Waals surface area contributed by atoms with E-state index < -0.39 is 18.5 Å². The SMILES string of the molecule is Nc1ccccc1OCCOCCOCCOCCOCCOCCNC(=O)COCC(=O)O. The minimum absolute atomic E-state index is 0.297. The maximum atomic E-state index is 11.3. The van der Waals surface area contributed by atoms with Gasteiger partial charge < -0.3 is 49.3 Å². The summed E-state index contributed by atoms with van der Waals surface area (Å²) in [7, 11) is 0. The van der Waals surface area contributed by atoms with Crippen LogP contribution in [0.3, 0.4) is 0 Å². The lowest BCUT2D eigenvalue weighted by Gasteiger charge is -2.09. The summed E-state index contributed by atoms with van der Waals surface area (Å²) < 4.78 is 37.1. The fourth-order valence-corrected chi connectivity index (χ4v) is 2.35. The number of nitrogen functional groups attached to an aromatic ring is 1. The molecule has 4 N–H and O–H groups in total. The molecule has 0 spiro atoms. The van der Waals surface area contributed by atoms with Crippen molar-refractivity contribution in [1.82, 2.24) is 5.32 Å². The normalized spacial score (nSPS) is 10.8. The van der Waals surface area contributed by atoms with Gasteiger partial charge in [0.2, 0.25) is 5.91 Å². The highest BCUT2D eigenvalue weighted by Crippen LogP contribution is 2.19. The number of carbonyl (C=O) groups excluding carboxylic acids is 1. The third-order valence-electron chi connectivity index (χ3n) is 3.92. The molecule has 12 heteroatoms. The van der Waals surface area contributed by atoms with Crippen LogP contribution in [0.15, 0.2) is 24.3 Å². The number of amides is 1. The van der Waals surface area contributed by atoms with Crippen LogP contribution >= 0.6 is 0 Å². The van der Waals surface area contributed by atoms with E-state index in [4.69, 9.17) is 39.3 Å². The first-order valence-electron chi connectivity index (χ1n) is 11.0. The van der Waals surface area contributed by atoms with Crippen LogP contribution in [0.2, 0.25) is 0 Å². The quantitative estimate of drug-likeness (QED) is 0.140. The van der Waals surface area contributed by atoms with Gasteiger partial charge in [0, 0.05) is 6.54 Å². The second-order valence-corrected chi connectivity index (χ2v) is 6.68. The highest BCUT2D eigenvalue weighted by atomic mass is 16.6. The molecule has 0 aliphatic rings. The van der Waals surface area contributed by atoms with Crippen molar-refractivity contribution in [3.05, 3.63) is 24.3 Å². The van der Waals surface area contributed by atoms with Gasteiger partial charge in [0.15, 0.2) is 0 Å². The van der Waals surface area contributed by atoms with E-state index in [0.29, 0.717) is 90.7 Å². The van der Waals surface area contributed by atoms with E-state index >= 15 is 0 Å². The number of nitrogens with two attached hydrogens (primary N) is 1. The first-order chi connectivity index (χ1) is 16.6. The third kappa shape index (κ3) is 18.0. The molecule has 0 aliphatic heterocycles. The van der Waals surface area contributed by atoms with Crippen molar-refractivity contribution in [2.75, 3.05) is 98.2 Å². The topological polar surface area (TPSA) is 157 Å². The maximum Gasteiger partial charge on any atom is 0.329 e. The van der Waals surface area contributed by atoms with Crippen molar-refractivity contribution in [2.24, 2.45) is 0 Å². The highest BCUT2D eigenvalue weighted by Gasteiger charge is 2.03. The standard InChI is InChI=1S/C22H36N2O10/c23-19-3-1-2-4-20(19)34-16-15-32-14-13-31-12-11-30-10-9-29-8-7-28-6-5-24-21(25)17-33-18-22(26)27/h1-4H,5-18,23H2,(H,24,25)(H,26,27). The largest absolute Gasteiger partial charge is 0.489 e. The molecule has 34 heavy (non-hydrogen) atoms. The van der Waals surface area contributed by atoms with Crippen LogP contribution in [-0.4, -0.2) is 109 Å². The Morgan fingerprint density at radius 2 is 1.21 bits per heavy atom. The fraction of sp³-hybridized carbons (Fsp3) is 0.636. The van der Waals surface area contributed by atoms with Crippen LogP contribution in [0.1, 0.15) is 0 Å². The van der Waals surface area contributed by atoms with E-state index in [1.807, 2.05) is 18.2 Å². The molecular weight excluding hydrogens is 452 g/mol. The number of para-hydroxylation sites is 2. The van der Waals surface area contributed by atoms with Crippen molar-refractivity contribution in [1.29, 1.82) is 0 Å². The van der Waals surface area contributed by atoms with E-state index in [-0.39, 0.29) is 6.61 Å². The number of hydrogen-bond acceptors (Lipinski definition) is 10. The Labute approximate surface area is 199 Å². The minimum atomic E-state index is -1.12. The van der Waals surface area contributed by atoms with E-state index in [0.717, 1.165) is 0 Å². The van der Waals surface area contributed by atoms with E-state index in [2.05, 4.69) is 10.1 Å². The molecular formula is C22H36N2O10. The van der Waals surface area contributed by atoms with Gasteiger partial charge in [-0.2, -0.15) is 0 Å². The molecule has 12 nitrogen and oxygen atoms in total. The summed E-state index contributed by atoms with van der Waals surface area (Å²) in [5.74, 6) is -0.862. The predicted octanol–water partition coefficient (Wildman–Crippen LogP) is -0.0520. The number of carbonyl (C=O) groups is 2. The molecule has 1 rings (SSSR count). The molecule has 0 bridgehead atoms. The summed E-state index contributed by atoms with van der Waals surface area (Å²) in [6, 6.07) is 7.32. The average Bonchev–Trinajstić information content (AvgIpc) is 2.81.